The van der Waals surface area contributed by atoms with Crippen LogP contribution in [0.3, 0.4) is 0 Å². The van der Waals surface area contributed by atoms with E-state index >= 15 is 0 Å². The van der Waals surface area contributed by atoms with Crippen LogP contribution in [0.15, 0.2) is 72.8 Å². The van der Waals surface area contributed by atoms with Gasteiger partial charge in [-0.2, -0.15) is 0 Å². The van der Waals surface area contributed by atoms with Gasteiger partial charge in [-0.3, -0.25) is 14.9 Å². The average Bonchev–Trinajstić information content (AvgIpc) is 2.70. The Morgan fingerprint density at radius 2 is 1.75 bits per heavy atom. The Hall–Kier alpha value is -3.38. The molecule has 6 nitrogen and oxygen atoms in total. The zero-order valence-corrected chi connectivity index (χ0v) is 15.6. The molecule has 3 aromatic carbocycles. The fourth-order valence-electron chi connectivity index (χ4n) is 2.61. The predicted octanol–water partition coefficient (Wildman–Crippen LogP) is 5.12. The number of carbonyl (C=O) groups excluding carboxylic acids is 1. The fourth-order valence-corrected chi connectivity index (χ4v) is 2.81. The van der Waals surface area contributed by atoms with Gasteiger partial charge in [0, 0.05) is 18.6 Å². The molecule has 0 saturated heterocycles. The number of nitro groups is 1. The maximum Gasteiger partial charge on any atom is 0.270 e. The quantitative estimate of drug-likeness (QED) is 0.443. The number of hydrogen-bond acceptors (Lipinski definition) is 4. The first-order valence-electron chi connectivity index (χ1n) is 8.55. The van der Waals surface area contributed by atoms with Crippen molar-refractivity contribution in [3.8, 4) is 5.75 Å². The smallest absolute Gasteiger partial charge is 0.270 e. The van der Waals surface area contributed by atoms with Crippen molar-refractivity contribution in [3.63, 3.8) is 0 Å². The number of non-ortho nitro benzene ring substituents is 1. The molecule has 0 saturated carbocycles. The van der Waals surface area contributed by atoms with Gasteiger partial charge in [0.1, 0.15) is 5.75 Å². The molecular formula is C21H17ClN2O4. The summed E-state index contributed by atoms with van der Waals surface area (Å²) in [5, 5.41) is 13.8. The van der Waals surface area contributed by atoms with Crippen molar-refractivity contribution in [1.29, 1.82) is 0 Å². The predicted molar refractivity (Wildman–Crippen MR) is 108 cm³/mol. The van der Waals surface area contributed by atoms with Gasteiger partial charge in [0.05, 0.1) is 27.8 Å². The van der Waals surface area contributed by atoms with Crippen LogP contribution in [-0.4, -0.2) is 17.4 Å². The van der Waals surface area contributed by atoms with E-state index in [2.05, 4.69) is 5.32 Å². The summed E-state index contributed by atoms with van der Waals surface area (Å²) in [4.78, 5) is 23.0. The van der Waals surface area contributed by atoms with Crippen molar-refractivity contribution in [1.82, 2.24) is 0 Å². The van der Waals surface area contributed by atoms with E-state index in [4.69, 9.17) is 16.3 Å². The van der Waals surface area contributed by atoms with E-state index in [0.717, 1.165) is 18.1 Å². The Morgan fingerprint density at radius 1 is 1.04 bits per heavy atom. The van der Waals surface area contributed by atoms with Crippen LogP contribution in [0.4, 0.5) is 11.4 Å². The molecule has 1 N–H and O–H groups in total. The third kappa shape index (κ3) is 4.86. The Bertz CT molecular complexity index is 993. The molecule has 28 heavy (non-hydrogen) atoms. The molecule has 1 amide bonds. The van der Waals surface area contributed by atoms with Crippen molar-refractivity contribution in [2.75, 3.05) is 11.9 Å². The normalized spacial score (nSPS) is 10.3. The number of para-hydroxylation sites is 2. The van der Waals surface area contributed by atoms with Gasteiger partial charge >= 0.3 is 0 Å². The van der Waals surface area contributed by atoms with Gasteiger partial charge in [0.25, 0.3) is 11.6 Å². The molecule has 0 aliphatic carbocycles. The molecule has 0 aliphatic rings. The lowest BCUT2D eigenvalue weighted by molar-refractivity contribution is -0.384. The second-order valence-electron chi connectivity index (χ2n) is 5.96. The minimum Gasteiger partial charge on any atom is -0.491 e. The highest BCUT2D eigenvalue weighted by Gasteiger charge is 2.17. The van der Waals surface area contributed by atoms with E-state index in [0.29, 0.717) is 18.0 Å². The van der Waals surface area contributed by atoms with Crippen molar-refractivity contribution in [2.45, 2.75) is 6.42 Å². The summed E-state index contributed by atoms with van der Waals surface area (Å²) < 4.78 is 5.81. The van der Waals surface area contributed by atoms with E-state index in [1.165, 1.54) is 12.1 Å². The van der Waals surface area contributed by atoms with Crippen molar-refractivity contribution < 1.29 is 14.5 Å². The third-order valence-corrected chi connectivity index (χ3v) is 4.36. The maximum absolute atomic E-state index is 12.6. The number of hydrogen-bond donors (Lipinski definition) is 1. The average molecular weight is 397 g/mol. The first-order chi connectivity index (χ1) is 13.5. The van der Waals surface area contributed by atoms with Gasteiger partial charge < -0.3 is 10.1 Å². The van der Waals surface area contributed by atoms with Crippen LogP contribution in [0, 0.1) is 10.1 Å². The van der Waals surface area contributed by atoms with Gasteiger partial charge in [0.15, 0.2) is 0 Å². The van der Waals surface area contributed by atoms with Crippen LogP contribution in [0.25, 0.3) is 0 Å². The molecule has 0 spiro atoms. The first kappa shape index (κ1) is 19.4. The topological polar surface area (TPSA) is 81.5 Å². The molecule has 142 valence electrons. The Labute approximate surface area is 166 Å². The zero-order valence-electron chi connectivity index (χ0n) is 14.8. The van der Waals surface area contributed by atoms with E-state index in [1.54, 1.807) is 24.3 Å². The molecule has 0 aromatic heterocycles. The van der Waals surface area contributed by atoms with Crippen molar-refractivity contribution >= 4 is 28.9 Å². The Kier molecular flexibility index (Phi) is 6.24. The van der Waals surface area contributed by atoms with E-state index in [9.17, 15) is 14.9 Å². The molecule has 3 aromatic rings. The number of ether oxygens (including phenoxy) is 1. The molecule has 0 unspecified atom stereocenters. The van der Waals surface area contributed by atoms with Crippen LogP contribution in [0.1, 0.15) is 15.9 Å². The molecular weight excluding hydrogens is 380 g/mol. The summed E-state index contributed by atoms with van der Waals surface area (Å²) in [5.41, 5.74) is 1.42. The van der Waals surface area contributed by atoms with Crippen LogP contribution < -0.4 is 10.1 Å². The fraction of sp³-hybridized carbons (Fsp3) is 0.0952. The molecule has 7 heteroatoms. The standard InChI is InChI=1S/C21H17ClN2O4/c22-18-11-10-16(24(26)27)14-17(18)21(25)23-19-8-4-5-9-20(19)28-13-12-15-6-2-1-3-7-15/h1-11,14H,12-13H2,(H,23,25). The summed E-state index contributed by atoms with van der Waals surface area (Å²) in [7, 11) is 0. The zero-order chi connectivity index (χ0) is 19.9. The highest BCUT2D eigenvalue weighted by molar-refractivity contribution is 6.34. The minimum atomic E-state index is -0.576. The molecule has 0 atom stereocenters. The highest BCUT2D eigenvalue weighted by Crippen LogP contribution is 2.27. The third-order valence-electron chi connectivity index (χ3n) is 4.03. The Balaban J connectivity index is 1.71. The SMILES string of the molecule is O=C(Nc1ccccc1OCCc1ccccc1)c1cc([N+](=O)[O-])ccc1Cl. The van der Waals surface area contributed by atoms with E-state index in [-0.39, 0.29) is 16.3 Å². The van der Waals surface area contributed by atoms with Crippen molar-refractivity contribution in [2.24, 2.45) is 0 Å². The largest absolute Gasteiger partial charge is 0.491 e. The maximum atomic E-state index is 12.6. The number of nitro benzene ring substituents is 1. The van der Waals surface area contributed by atoms with Crippen LogP contribution in [0.5, 0.6) is 5.75 Å². The monoisotopic (exact) mass is 396 g/mol. The first-order valence-corrected chi connectivity index (χ1v) is 8.93. The molecule has 3 rings (SSSR count). The molecule has 0 heterocycles. The summed E-state index contributed by atoms with van der Waals surface area (Å²) in [5.74, 6) is -0.0406. The van der Waals surface area contributed by atoms with Crippen LogP contribution >= 0.6 is 11.6 Å². The molecule has 0 aliphatic heterocycles. The number of carbonyl (C=O) groups is 1. The summed E-state index contributed by atoms with van der Waals surface area (Å²) >= 11 is 6.04. The number of amides is 1. The Morgan fingerprint density at radius 3 is 2.50 bits per heavy atom. The highest BCUT2D eigenvalue weighted by atomic mass is 35.5. The van der Waals surface area contributed by atoms with Gasteiger partial charge in [-0.25, -0.2) is 0 Å². The van der Waals surface area contributed by atoms with Crippen LogP contribution in [-0.2, 0) is 6.42 Å². The van der Waals surface area contributed by atoms with Gasteiger partial charge in [-0.15, -0.1) is 0 Å². The second kappa shape index (κ2) is 9.01. The minimum absolute atomic E-state index is 0.0231. The molecule has 0 fully saturated rings. The van der Waals surface area contributed by atoms with E-state index in [1.807, 2.05) is 30.3 Å². The second-order valence-corrected chi connectivity index (χ2v) is 6.36. The number of anilines is 1. The lowest BCUT2D eigenvalue weighted by atomic mass is 10.1. The van der Waals surface area contributed by atoms with Gasteiger partial charge in [0.2, 0.25) is 0 Å². The van der Waals surface area contributed by atoms with Crippen molar-refractivity contribution in [3.05, 3.63) is 99.1 Å². The van der Waals surface area contributed by atoms with Gasteiger partial charge in [-0.05, 0) is 23.8 Å². The number of benzene rings is 3. The summed E-state index contributed by atoms with van der Waals surface area (Å²) in [6.45, 7) is 0.439. The number of nitrogens with zero attached hydrogens (tertiary/aromatic N) is 1. The van der Waals surface area contributed by atoms with Crippen LogP contribution in [0.2, 0.25) is 5.02 Å². The lowest BCUT2D eigenvalue weighted by Crippen LogP contribution is -2.14. The number of nitrogens with one attached hydrogen (secondary N) is 1. The number of halogens is 1. The number of rotatable bonds is 7. The van der Waals surface area contributed by atoms with E-state index < -0.39 is 10.8 Å². The summed E-state index contributed by atoms with van der Waals surface area (Å²) in [6.07, 6.45) is 0.722. The lowest BCUT2D eigenvalue weighted by Gasteiger charge is -2.13. The molecule has 0 radical (unpaired) electrons. The summed E-state index contributed by atoms with van der Waals surface area (Å²) in [6, 6.07) is 20.6. The molecule has 0 bridgehead atoms. The van der Waals surface area contributed by atoms with Gasteiger partial charge in [-0.1, -0.05) is 54.1 Å².